The summed E-state index contributed by atoms with van der Waals surface area (Å²) in [5.74, 6) is 4.64. The fraction of sp³-hybridized carbons (Fsp3) is 0.857. The highest BCUT2D eigenvalue weighted by molar-refractivity contribution is 5.79. The van der Waals surface area contributed by atoms with Crippen molar-refractivity contribution in [1.82, 2.24) is 5.43 Å². The number of hydrogen-bond acceptors (Lipinski definition) is 4. The molecule has 12 heavy (non-hydrogen) atoms. The van der Waals surface area contributed by atoms with Crippen LogP contribution in [0.4, 0.5) is 0 Å². The number of rotatable bonds is 6. The number of amides is 1. The molecular weight excluding hydrogens is 160 g/mol. The largest absolute Gasteiger partial charge is 0.382 e. The van der Waals surface area contributed by atoms with E-state index in [1.807, 2.05) is 12.3 Å². The second-order valence-corrected chi connectivity index (χ2v) is 2.27. The van der Waals surface area contributed by atoms with Crippen molar-refractivity contribution in [2.75, 3.05) is 20.3 Å². The van der Waals surface area contributed by atoms with Crippen LogP contribution in [-0.2, 0) is 14.3 Å². The van der Waals surface area contributed by atoms with E-state index in [1.54, 1.807) is 7.11 Å². The Bertz CT molecular complexity index is 130. The van der Waals surface area contributed by atoms with Gasteiger partial charge in [-0.25, -0.2) is 5.84 Å². The Hall–Kier alpha value is -0.650. The molecule has 1 unspecified atom stereocenters. The van der Waals surface area contributed by atoms with Crippen molar-refractivity contribution in [3.63, 3.8) is 0 Å². The smallest absolute Gasteiger partial charge is 0.262 e. The standard InChI is InChI=1S/C7H16N2O3/c1-3-6(7(10)9-8)12-5-4-11-2/h6H,3-5,8H2,1-2H3,(H,9,10). The lowest BCUT2D eigenvalue weighted by molar-refractivity contribution is -0.133. The highest BCUT2D eigenvalue weighted by Crippen LogP contribution is 1.96. The van der Waals surface area contributed by atoms with Gasteiger partial charge in [-0.3, -0.25) is 10.2 Å². The average Bonchev–Trinajstić information content (AvgIpc) is 2.11. The molecule has 0 aromatic heterocycles. The van der Waals surface area contributed by atoms with Crippen molar-refractivity contribution >= 4 is 5.91 Å². The minimum Gasteiger partial charge on any atom is -0.382 e. The predicted molar refractivity (Wildman–Crippen MR) is 44.2 cm³/mol. The zero-order valence-corrected chi connectivity index (χ0v) is 7.50. The molecule has 5 heteroatoms. The molecule has 0 aliphatic rings. The number of ether oxygens (including phenoxy) is 2. The highest BCUT2D eigenvalue weighted by Gasteiger charge is 2.14. The van der Waals surface area contributed by atoms with Crippen LogP contribution in [0.15, 0.2) is 0 Å². The SMILES string of the molecule is CCC(OCCOC)C(=O)NN. The Labute approximate surface area is 72.2 Å². The number of hydrazine groups is 1. The molecule has 0 fully saturated rings. The lowest BCUT2D eigenvalue weighted by Crippen LogP contribution is -2.40. The van der Waals surface area contributed by atoms with Crippen LogP contribution in [0.25, 0.3) is 0 Å². The van der Waals surface area contributed by atoms with E-state index in [2.05, 4.69) is 0 Å². The number of methoxy groups -OCH3 is 1. The second kappa shape index (κ2) is 7.02. The maximum Gasteiger partial charge on any atom is 0.262 e. The summed E-state index contributed by atoms with van der Waals surface area (Å²) in [6.07, 6.45) is 0.136. The van der Waals surface area contributed by atoms with E-state index in [4.69, 9.17) is 15.3 Å². The lowest BCUT2D eigenvalue weighted by Gasteiger charge is -2.13. The molecule has 1 amide bonds. The molecular formula is C7H16N2O3. The van der Waals surface area contributed by atoms with Crippen molar-refractivity contribution in [1.29, 1.82) is 0 Å². The summed E-state index contributed by atoms with van der Waals surface area (Å²) in [5.41, 5.74) is 2.04. The van der Waals surface area contributed by atoms with Crippen LogP contribution < -0.4 is 11.3 Å². The van der Waals surface area contributed by atoms with Gasteiger partial charge in [0.25, 0.3) is 5.91 Å². The minimum atomic E-state index is -0.467. The van der Waals surface area contributed by atoms with E-state index >= 15 is 0 Å². The zero-order valence-electron chi connectivity index (χ0n) is 7.50. The van der Waals surface area contributed by atoms with Gasteiger partial charge in [0, 0.05) is 7.11 Å². The van der Waals surface area contributed by atoms with Crippen molar-refractivity contribution < 1.29 is 14.3 Å². The number of nitrogens with one attached hydrogen (secondary N) is 1. The summed E-state index contributed by atoms with van der Waals surface area (Å²) >= 11 is 0. The lowest BCUT2D eigenvalue weighted by atomic mass is 10.2. The van der Waals surface area contributed by atoms with Gasteiger partial charge in [0.2, 0.25) is 0 Å². The maximum absolute atomic E-state index is 10.9. The van der Waals surface area contributed by atoms with Crippen LogP contribution in [0.2, 0.25) is 0 Å². The summed E-state index contributed by atoms with van der Waals surface area (Å²) in [6, 6.07) is 0. The molecule has 0 bridgehead atoms. The Kier molecular flexibility index (Phi) is 6.64. The van der Waals surface area contributed by atoms with Crippen molar-refractivity contribution in [2.45, 2.75) is 19.4 Å². The molecule has 0 aliphatic heterocycles. The van der Waals surface area contributed by atoms with E-state index in [0.717, 1.165) is 0 Å². The zero-order chi connectivity index (χ0) is 9.40. The predicted octanol–water partition coefficient (Wildman–Crippen LogP) is -0.582. The first kappa shape index (κ1) is 11.4. The van der Waals surface area contributed by atoms with Gasteiger partial charge in [-0.1, -0.05) is 6.92 Å². The highest BCUT2D eigenvalue weighted by atomic mass is 16.5. The van der Waals surface area contributed by atoms with Gasteiger partial charge in [0.1, 0.15) is 6.10 Å². The third kappa shape index (κ3) is 4.27. The third-order valence-electron chi connectivity index (χ3n) is 1.41. The fourth-order valence-corrected chi connectivity index (χ4v) is 0.746. The van der Waals surface area contributed by atoms with Gasteiger partial charge in [-0.05, 0) is 6.42 Å². The van der Waals surface area contributed by atoms with Crippen LogP contribution >= 0.6 is 0 Å². The van der Waals surface area contributed by atoms with Crippen LogP contribution in [-0.4, -0.2) is 32.3 Å². The van der Waals surface area contributed by atoms with Gasteiger partial charge >= 0.3 is 0 Å². The molecule has 72 valence electrons. The molecule has 0 saturated carbocycles. The topological polar surface area (TPSA) is 73.6 Å². The maximum atomic E-state index is 10.9. The Morgan fingerprint density at radius 1 is 1.58 bits per heavy atom. The van der Waals surface area contributed by atoms with Gasteiger partial charge in [-0.15, -0.1) is 0 Å². The molecule has 0 aromatic rings. The third-order valence-corrected chi connectivity index (χ3v) is 1.41. The second-order valence-electron chi connectivity index (χ2n) is 2.27. The summed E-state index contributed by atoms with van der Waals surface area (Å²) in [7, 11) is 1.58. The van der Waals surface area contributed by atoms with E-state index in [1.165, 1.54) is 0 Å². The van der Waals surface area contributed by atoms with Gasteiger partial charge < -0.3 is 9.47 Å². The molecule has 0 aromatic carbocycles. The molecule has 3 N–H and O–H groups in total. The summed E-state index contributed by atoms with van der Waals surface area (Å²) in [6.45, 7) is 2.74. The van der Waals surface area contributed by atoms with Crippen LogP contribution in [0.3, 0.4) is 0 Å². The number of carbonyl (C=O) groups excluding carboxylic acids is 1. The first-order valence-corrected chi connectivity index (χ1v) is 3.87. The molecule has 5 nitrogen and oxygen atoms in total. The normalized spacial score (nSPS) is 12.6. The molecule has 0 spiro atoms. The molecule has 0 saturated heterocycles. The van der Waals surface area contributed by atoms with Crippen molar-refractivity contribution in [3.05, 3.63) is 0 Å². The van der Waals surface area contributed by atoms with E-state index in [9.17, 15) is 4.79 Å². The number of nitrogens with two attached hydrogens (primary N) is 1. The molecule has 0 radical (unpaired) electrons. The van der Waals surface area contributed by atoms with E-state index in [-0.39, 0.29) is 5.91 Å². The van der Waals surface area contributed by atoms with Crippen LogP contribution in [0.5, 0.6) is 0 Å². The Morgan fingerprint density at radius 3 is 2.67 bits per heavy atom. The monoisotopic (exact) mass is 176 g/mol. The number of hydrogen-bond donors (Lipinski definition) is 2. The first-order chi connectivity index (χ1) is 5.76. The molecule has 0 aliphatic carbocycles. The molecule has 0 heterocycles. The summed E-state index contributed by atoms with van der Waals surface area (Å²) in [4.78, 5) is 10.9. The van der Waals surface area contributed by atoms with Gasteiger partial charge in [0.05, 0.1) is 13.2 Å². The van der Waals surface area contributed by atoms with Crippen molar-refractivity contribution in [2.24, 2.45) is 5.84 Å². The van der Waals surface area contributed by atoms with Crippen LogP contribution in [0.1, 0.15) is 13.3 Å². The average molecular weight is 176 g/mol. The Morgan fingerprint density at radius 2 is 2.25 bits per heavy atom. The Balaban J connectivity index is 3.60. The first-order valence-electron chi connectivity index (χ1n) is 3.87. The molecule has 0 rings (SSSR count). The quantitative estimate of drug-likeness (QED) is 0.246. The summed E-state index contributed by atoms with van der Waals surface area (Å²) < 4.78 is 9.93. The minimum absolute atomic E-state index is 0.298. The van der Waals surface area contributed by atoms with Gasteiger partial charge in [-0.2, -0.15) is 0 Å². The van der Waals surface area contributed by atoms with E-state index in [0.29, 0.717) is 19.6 Å². The number of carbonyl (C=O) groups is 1. The van der Waals surface area contributed by atoms with Crippen LogP contribution in [0, 0.1) is 0 Å². The van der Waals surface area contributed by atoms with E-state index < -0.39 is 6.10 Å². The molecule has 1 atom stereocenters. The fourth-order valence-electron chi connectivity index (χ4n) is 0.746. The van der Waals surface area contributed by atoms with Crippen molar-refractivity contribution in [3.8, 4) is 0 Å². The summed E-state index contributed by atoms with van der Waals surface area (Å²) in [5, 5.41) is 0. The van der Waals surface area contributed by atoms with Gasteiger partial charge in [0.15, 0.2) is 0 Å².